The van der Waals surface area contributed by atoms with Crippen LogP contribution in [0.5, 0.6) is 0 Å². The number of pyridine rings is 1. The van der Waals surface area contributed by atoms with Gasteiger partial charge in [0.25, 0.3) is 5.91 Å². The Morgan fingerprint density at radius 3 is 3.00 bits per heavy atom. The highest BCUT2D eigenvalue weighted by molar-refractivity contribution is 5.93. The van der Waals surface area contributed by atoms with Gasteiger partial charge in [-0.3, -0.25) is 15.6 Å². The van der Waals surface area contributed by atoms with Crippen LogP contribution in [-0.2, 0) is 0 Å². The summed E-state index contributed by atoms with van der Waals surface area (Å²) in [5.41, 5.74) is 3.50. The number of carbonyl (C=O) groups is 1. The molecule has 4 N–H and O–H groups in total. The number of aromatic nitrogens is 1. The Bertz CT molecular complexity index is 340. The maximum Gasteiger partial charge on any atom is 0.270 e. The van der Waals surface area contributed by atoms with Gasteiger partial charge in [-0.25, -0.2) is 0 Å². The molecule has 5 heteroatoms. The van der Waals surface area contributed by atoms with Crippen molar-refractivity contribution < 1.29 is 4.79 Å². The number of rotatable bonds is 4. The molecule has 1 rings (SSSR count). The Morgan fingerprint density at radius 1 is 1.67 bits per heavy atom. The molecule has 1 aromatic rings. The normalized spacial score (nSPS) is 11.9. The van der Waals surface area contributed by atoms with Crippen molar-refractivity contribution in [1.82, 2.24) is 10.3 Å². The summed E-state index contributed by atoms with van der Waals surface area (Å²) in [5.74, 6) is 5.06. The van der Waals surface area contributed by atoms with Gasteiger partial charge in [0, 0.05) is 12.2 Å². The van der Waals surface area contributed by atoms with Crippen LogP contribution in [0.4, 0.5) is 5.69 Å². The number of hydrogen-bond donors (Lipinski definition) is 3. The number of carbonyl (C=O) groups excluding carboxylic acids is 1. The molecule has 0 radical (unpaired) electrons. The predicted molar refractivity (Wildman–Crippen MR) is 59.3 cm³/mol. The molecule has 0 aromatic carbocycles. The highest BCUT2D eigenvalue weighted by atomic mass is 16.1. The number of nitrogens with two attached hydrogens (primary N) is 1. The van der Waals surface area contributed by atoms with E-state index in [-0.39, 0.29) is 11.9 Å². The number of nitrogen functional groups attached to an aromatic ring is 1. The molecule has 0 aliphatic carbocycles. The lowest BCUT2D eigenvalue weighted by Gasteiger charge is -2.11. The topological polar surface area (TPSA) is 80.0 Å². The van der Waals surface area contributed by atoms with Crippen molar-refractivity contribution in [3.63, 3.8) is 0 Å². The first kappa shape index (κ1) is 11.5. The SMILES string of the molecule is CCC(C)NC(=O)c1cc(NN)ccn1. The molecule has 5 nitrogen and oxygen atoms in total. The Labute approximate surface area is 89.0 Å². The molecule has 1 aromatic heterocycles. The lowest BCUT2D eigenvalue weighted by Crippen LogP contribution is -2.32. The van der Waals surface area contributed by atoms with Gasteiger partial charge in [-0.15, -0.1) is 0 Å². The first-order valence-corrected chi connectivity index (χ1v) is 4.91. The van der Waals surface area contributed by atoms with Crippen molar-refractivity contribution in [1.29, 1.82) is 0 Å². The standard InChI is InChI=1S/C10H16N4O/c1-3-7(2)13-10(15)9-6-8(14-11)4-5-12-9/h4-7H,3,11H2,1-2H3,(H,12,14)(H,13,15). The first-order chi connectivity index (χ1) is 7.17. The zero-order valence-corrected chi connectivity index (χ0v) is 8.95. The molecular formula is C10H16N4O. The monoisotopic (exact) mass is 208 g/mol. The fourth-order valence-electron chi connectivity index (χ4n) is 1.04. The zero-order valence-electron chi connectivity index (χ0n) is 8.95. The van der Waals surface area contributed by atoms with Gasteiger partial charge >= 0.3 is 0 Å². The lowest BCUT2D eigenvalue weighted by atomic mass is 10.2. The smallest absolute Gasteiger partial charge is 0.270 e. The molecule has 1 heterocycles. The van der Waals surface area contributed by atoms with E-state index in [4.69, 9.17) is 5.84 Å². The Balaban J connectivity index is 2.73. The van der Waals surface area contributed by atoms with Gasteiger partial charge in [-0.1, -0.05) is 6.92 Å². The fraction of sp³-hybridized carbons (Fsp3) is 0.400. The molecule has 0 spiro atoms. The van der Waals surface area contributed by atoms with Gasteiger partial charge in [0.1, 0.15) is 5.69 Å². The average molecular weight is 208 g/mol. The molecular weight excluding hydrogens is 192 g/mol. The van der Waals surface area contributed by atoms with Crippen molar-refractivity contribution >= 4 is 11.6 Å². The summed E-state index contributed by atoms with van der Waals surface area (Å²) in [6, 6.07) is 3.45. The van der Waals surface area contributed by atoms with Crippen LogP contribution < -0.4 is 16.6 Å². The van der Waals surface area contributed by atoms with E-state index in [0.29, 0.717) is 11.4 Å². The largest absolute Gasteiger partial charge is 0.348 e. The van der Waals surface area contributed by atoms with Gasteiger partial charge < -0.3 is 10.7 Å². The van der Waals surface area contributed by atoms with Crippen LogP contribution in [0.1, 0.15) is 30.8 Å². The summed E-state index contributed by atoms with van der Waals surface area (Å²) in [6.45, 7) is 3.96. The predicted octanol–water partition coefficient (Wildman–Crippen LogP) is 0.895. The number of anilines is 1. The van der Waals surface area contributed by atoms with Crippen molar-refractivity contribution in [3.8, 4) is 0 Å². The summed E-state index contributed by atoms with van der Waals surface area (Å²) in [7, 11) is 0. The molecule has 1 amide bonds. The van der Waals surface area contributed by atoms with Crippen LogP contribution in [-0.4, -0.2) is 16.9 Å². The van der Waals surface area contributed by atoms with E-state index >= 15 is 0 Å². The lowest BCUT2D eigenvalue weighted by molar-refractivity contribution is 0.0934. The second-order valence-electron chi connectivity index (χ2n) is 3.36. The Kier molecular flexibility index (Phi) is 4.05. The Hall–Kier alpha value is -1.62. The van der Waals surface area contributed by atoms with Gasteiger partial charge in [0.05, 0.1) is 5.69 Å². The minimum absolute atomic E-state index is 0.147. The summed E-state index contributed by atoms with van der Waals surface area (Å²) in [4.78, 5) is 15.6. The van der Waals surface area contributed by atoms with Crippen LogP contribution in [0, 0.1) is 0 Å². The van der Waals surface area contributed by atoms with Crippen LogP contribution in [0.3, 0.4) is 0 Å². The molecule has 0 fully saturated rings. The second-order valence-corrected chi connectivity index (χ2v) is 3.36. The maximum atomic E-state index is 11.6. The minimum atomic E-state index is -0.179. The van der Waals surface area contributed by atoms with E-state index < -0.39 is 0 Å². The second kappa shape index (κ2) is 5.31. The van der Waals surface area contributed by atoms with Crippen molar-refractivity contribution in [2.75, 3.05) is 5.43 Å². The van der Waals surface area contributed by atoms with Crippen molar-refractivity contribution in [2.24, 2.45) is 5.84 Å². The number of nitrogens with one attached hydrogen (secondary N) is 2. The Morgan fingerprint density at radius 2 is 2.40 bits per heavy atom. The molecule has 1 atom stereocenters. The average Bonchev–Trinajstić information content (AvgIpc) is 2.28. The third kappa shape index (κ3) is 3.21. The number of amides is 1. The van der Waals surface area contributed by atoms with Crippen LogP contribution in [0.2, 0.25) is 0 Å². The third-order valence-corrected chi connectivity index (χ3v) is 2.15. The molecule has 82 valence electrons. The van der Waals surface area contributed by atoms with E-state index in [2.05, 4.69) is 15.7 Å². The van der Waals surface area contributed by atoms with Gasteiger partial charge in [-0.05, 0) is 25.5 Å². The summed E-state index contributed by atoms with van der Waals surface area (Å²) in [5, 5.41) is 2.83. The van der Waals surface area contributed by atoms with E-state index in [0.717, 1.165) is 6.42 Å². The third-order valence-electron chi connectivity index (χ3n) is 2.15. The number of hydrazine groups is 1. The van der Waals surface area contributed by atoms with Crippen LogP contribution >= 0.6 is 0 Å². The van der Waals surface area contributed by atoms with Crippen molar-refractivity contribution in [2.45, 2.75) is 26.3 Å². The molecule has 0 saturated carbocycles. The summed E-state index contributed by atoms with van der Waals surface area (Å²) >= 11 is 0. The summed E-state index contributed by atoms with van der Waals surface area (Å²) < 4.78 is 0. The van der Waals surface area contributed by atoms with Gasteiger partial charge in [-0.2, -0.15) is 0 Å². The van der Waals surface area contributed by atoms with E-state index in [1.807, 2.05) is 13.8 Å². The quantitative estimate of drug-likeness (QED) is 0.507. The first-order valence-electron chi connectivity index (χ1n) is 4.91. The number of hydrogen-bond acceptors (Lipinski definition) is 4. The highest BCUT2D eigenvalue weighted by Gasteiger charge is 2.09. The molecule has 0 saturated heterocycles. The maximum absolute atomic E-state index is 11.6. The van der Waals surface area contributed by atoms with Crippen LogP contribution in [0.25, 0.3) is 0 Å². The van der Waals surface area contributed by atoms with E-state index in [1.54, 1.807) is 18.3 Å². The molecule has 0 aliphatic rings. The minimum Gasteiger partial charge on any atom is -0.348 e. The van der Waals surface area contributed by atoms with Gasteiger partial charge in [0.15, 0.2) is 0 Å². The fourth-order valence-corrected chi connectivity index (χ4v) is 1.04. The molecule has 15 heavy (non-hydrogen) atoms. The van der Waals surface area contributed by atoms with Crippen LogP contribution in [0.15, 0.2) is 18.3 Å². The molecule has 1 unspecified atom stereocenters. The summed E-state index contributed by atoms with van der Waals surface area (Å²) in [6.07, 6.45) is 2.43. The van der Waals surface area contributed by atoms with Gasteiger partial charge in [0.2, 0.25) is 0 Å². The van der Waals surface area contributed by atoms with Crippen molar-refractivity contribution in [3.05, 3.63) is 24.0 Å². The molecule has 0 bridgehead atoms. The van der Waals surface area contributed by atoms with E-state index in [9.17, 15) is 4.79 Å². The number of nitrogens with zero attached hydrogens (tertiary/aromatic N) is 1. The van der Waals surface area contributed by atoms with E-state index in [1.165, 1.54) is 0 Å². The zero-order chi connectivity index (χ0) is 11.3. The molecule has 0 aliphatic heterocycles. The highest BCUT2D eigenvalue weighted by Crippen LogP contribution is 2.06.